The van der Waals surface area contributed by atoms with Crippen LogP contribution in [0.3, 0.4) is 0 Å². The quantitative estimate of drug-likeness (QED) is 0.841. The topological polar surface area (TPSA) is 68.8 Å². The van der Waals surface area contributed by atoms with Crippen molar-refractivity contribution in [1.82, 2.24) is 25.1 Å². The molecule has 0 bridgehead atoms. The molecule has 0 amide bonds. The molecule has 0 aromatic carbocycles. The van der Waals surface area contributed by atoms with E-state index < -0.39 is 0 Å². The van der Waals surface area contributed by atoms with E-state index in [2.05, 4.69) is 34.3 Å². The summed E-state index contributed by atoms with van der Waals surface area (Å²) in [6.45, 7) is 7.34. The minimum Gasteiger partial charge on any atom is -0.424 e. The molecule has 0 fully saturated rings. The molecular weight excluding hydrogens is 218 g/mol. The van der Waals surface area contributed by atoms with Crippen LogP contribution in [0.4, 0.5) is 0 Å². The van der Waals surface area contributed by atoms with Gasteiger partial charge in [0.15, 0.2) is 0 Å². The van der Waals surface area contributed by atoms with Crippen LogP contribution in [0.2, 0.25) is 0 Å². The van der Waals surface area contributed by atoms with Gasteiger partial charge in [-0.1, -0.05) is 13.8 Å². The fraction of sp³-hybridized carbons (Fsp3) is 0.545. The molecular formula is C11H17N5O. The highest BCUT2D eigenvalue weighted by molar-refractivity contribution is 4.98. The lowest BCUT2D eigenvalue weighted by molar-refractivity contribution is 0.454. The Morgan fingerprint density at radius 2 is 2.24 bits per heavy atom. The van der Waals surface area contributed by atoms with Gasteiger partial charge in [-0.15, -0.1) is 10.2 Å². The van der Waals surface area contributed by atoms with Gasteiger partial charge in [-0.05, 0) is 0 Å². The zero-order valence-corrected chi connectivity index (χ0v) is 10.3. The first kappa shape index (κ1) is 11.8. The first-order valence-electron chi connectivity index (χ1n) is 5.66. The molecule has 2 aromatic rings. The van der Waals surface area contributed by atoms with Gasteiger partial charge >= 0.3 is 0 Å². The molecule has 0 radical (unpaired) electrons. The standard InChI is InChI=1S/C11H17N5O/c1-8(2)12-4-10-5-16(7-13-10)6-11-15-14-9(3)17-11/h5,7-8,12H,4,6H2,1-3H3. The van der Waals surface area contributed by atoms with Crippen LogP contribution in [0.25, 0.3) is 0 Å². The van der Waals surface area contributed by atoms with E-state index in [4.69, 9.17) is 4.42 Å². The number of hydrogen-bond donors (Lipinski definition) is 1. The third-order valence-corrected chi connectivity index (χ3v) is 2.26. The second-order valence-electron chi connectivity index (χ2n) is 4.29. The molecule has 6 heteroatoms. The number of aryl methyl sites for hydroxylation is 1. The van der Waals surface area contributed by atoms with Crippen molar-refractivity contribution in [2.24, 2.45) is 0 Å². The second kappa shape index (κ2) is 5.09. The van der Waals surface area contributed by atoms with Crippen molar-refractivity contribution in [2.45, 2.75) is 39.9 Å². The van der Waals surface area contributed by atoms with Gasteiger partial charge in [0.1, 0.15) is 6.54 Å². The Kier molecular flexibility index (Phi) is 3.53. The Morgan fingerprint density at radius 1 is 1.41 bits per heavy atom. The SMILES string of the molecule is Cc1nnc(Cn2cnc(CNC(C)C)c2)o1. The van der Waals surface area contributed by atoms with Crippen molar-refractivity contribution < 1.29 is 4.42 Å². The molecule has 2 aromatic heterocycles. The number of aromatic nitrogens is 4. The van der Waals surface area contributed by atoms with Gasteiger partial charge in [-0.2, -0.15) is 0 Å². The van der Waals surface area contributed by atoms with Gasteiger partial charge in [0.2, 0.25) is 11.8 Å². The zero-order chi connectivity index (χ0) is 12.3. The minimum atomic E-state index is 0.457. The van der Waals surface area contributed by atoms with E-state index in [-0.39, 0.29) is 0 Å². The summed E-state index contributed by atoms with van der Waals surface area (Å²) < 4.78 is 7.24. The summed E-state index contributed by atoms with van der Waals surface area (Å²) >= 11 is 0. The van der Waals surface area contributed by atoms with E-state index in [0.29, 0.717) is 24.4 Å². The van der Waals surface area contributed by atoms with Crippen LogP contribution >= 0.6 is 0 Å². The molecule has 0 saturated heterocycles. The fourth-order valence-electron chi connectivity index (χ4n) is 1.45. The highest BCUT2D eigenvalue weighted by atomic mass is 16.4. The molecule has 6 nitrogen and oxygen atoms in total. The minimum absolute atomic E-state index is 0.457. The lowest BCUT2D eigenvalue weighted by atomic mass is 10.3. The molecule has 2 rings (SSSR count). The van der Waals surface area contributed by atoms with Gasteiger partial charge in [0.25, 0.3) is 0 Å². The van der Waals surface area contributed by atoms with Gasteiger partial charge in [0, 0.05) is 25.7 Å². The van der Waals surface area contributed by atoms with Crippen molar-refractivity contribution in [1.29, 1.82) is 0 Å². The maximum atomic E-state index is 5.31. The first-order valence-corrected chi connectivity index (χ1v) is 5.66. The predicted octanol–water partition coefficient (Wildman–Crippen LogP) is 1.12. The summed E-state index contributed by atoms with van der Waals surface area (Å²) in [6.07, 6.45) is 3.76. The number of rotatable bonds is 5. The molecule has 0 aliphatic heterocycles. The van der Waals surface area contributed by atoms with Crippen LogP contribution in [0.15, 0.2) is 16.9 Å². The summed E-state index contributed by atoms with van der Waals surface area (Å²) in [5.74, 6) is 1.19. The van der Waals surface area contributed by atoms with Crippen LogP contribution < -0.4 is 5.32 Å². The van der Waals surface area contributed by atoms with E-state index in [1.165, 1.54) is 0 Å². The second-order valence-corrected chi connectivity index (χ2v) is 4.29. The number of nitrogens with one attached hydrogen (secondary N) is 1. The first-order chi connectivity index (χ1) is 8.13. The average molecular weight is 235 g/mol. The third-order valence-electron chi connectivity index (χ3n) is 2.26. The van der Waals surface area contributed by atoms with Crippen molar-refractivity contribution in [3.8, 4) is 0 Å². The Hall–Kier alpha value is -1.69. The molecule has 0 atom stereocenters. The van der Waals surface area contributed by atoms with E-state index in [1.54, 1.807) is 13.3 Å². The molecule has 1 N–H and O–H groups in total. The van der Waals surface area contributed by atoms with Gasteiger partial charge in [0.05, 0.1) is 12.0 Å². The van der Waals surface area contributed by atoms with Crippen LogP contribution in [0, 0.1) is 6.92 Å². The molecule has 17 heavy (non-hydrogen) atoms. The average Bonchev–Trinajstić information content (AvgIpc) is 2.86. The molecule has 0 aliphatic carbocycles. The molecule has 0 spiro atoms. The summed E-state index contributed by atoms with van der Waals surface area (Å²) in [6, 6.07) is 0.457. The van der Waals surface area contributed by atoms with E-state index in [9.17, 15) is 0 Å². The van der Waals surface area contributed by atoms with Crippen molar-refractivity contribution in [3.05, 3.63) is 30.0 Å². The maximum absolute atomic E-state index is 5.31. The van der Waals surface area contributed by atoms with Crippen molar-refractivity contribution in [3.63, 3.8) is 0 Å². The van der Waals surface area contributed by atoms with Gasteiger partial charge in [-0.25, -0.2) is 4.98 Å². The van der Waals surface area contributed by atoms with E-state index in [1.807, 2.05) is 10.8 Å². The van der Waals surface area contributed by atoms with E-state index in [0.717, 1.165) is 12.2 Å². The van der Waals surface area contributed by atoms with Crippen LogP contribution in [0.5, 0.6) is 0 Å². The molecule has 0 aliphatic rings. The normalized spacial score (nSPS) is 11.3. The summed E-state index contributed by atoms with van der Waals surface area (Å²) in [4.78, 5) is 4.30. The molecule has 92 valence electrons. The van der Waals surface area contributed by atoms with Crippen molar-refractivity contribution >= 4 is 0 Å². The lowest BCUT2D eigenvalue weighted by Gasteiger charge is -2.04. The Balaban J connectivity index is 1.94. The monoisotopic (exact) mass is 235 g/mol. The summed E-state index contributed by atoms with van der Waals surface area (Å²) in [5.41, 5.74) is 1.01. The van der Waals surface area contributed by atoms with Gasteiger partial charge in [-0.3, -0.25) is 0 Å². The number of nitrogens with zero attached hydrogens (tertiary/aromatic N) is 4. The van der Waals surface area contributed by atoms with Gasteiger partial charge < -0.3 is 14.3 Å². The molecule has 0 saturated carbocycles. The number of imidazole rings is 1. The largest absolute Gasteiger partial charge is 0.424 e. The van der Waals surface area contributed by atoms with Crippen LogP contribution in [-0.2, 0) is 13.1 Å². The Bertz CT molecular complexity index is 474. The Labute approximate surface area is 100 Å². The fourth-order valence-corrected chi connectivity index (χ4v) is 1.45. The summed E-state index contributed by atoms with van der Waals surface area (Å²) in [7, 11) is 0. The predicted molar refractivity (Wildman–Crippen MR) is 62.3 cm³/mol. The molecule has 2 heterocycles. The van der Waals surface area contributed by atoms with Crippen LogP contribution in [0.1, 0.15) is 31.3 Å². The lowest BCUT2D eigenvalue weighted by Crippen LogP contribution is -2.21. The highest BCUT2D eigenvalue weighted by Gasteiger charge is 2.05. The third kappa shape index (κ3) is 3.39. The number of hydrogen-bond acceptors (Lipinski definition) is 5. The smallest absolute Gasteiger partial charge is 0.236 e. The molecule has 0 unspecified atom stereocenters. The highest BCUT2D eigenvalue weighted by Crippen LogP contribution is 2.03. The zero-order valence-electron chi connectivity index (χ0n) is 10.3. The maximum Gasteiger partial charge on any atom is 0.236 e. The van der Waals surface area contributed by atoms with Crippen LogP contribution in [-0.4, -0.2) is 25.8 Å². The Morgan fingerprint density at radius 3 is 2.88 bits per heavy atom. The summed E-state index contributed by atoms with van der Waals surface area (Å²) in [5, 5.41) is 11.0. The van der Waals surface area contributed by atoms with Crippen molar-refractivity contribution in [2.75, 3.05) is 0 Å². The van der Waals surface area contributed by atoms with E-state index >= 15 is 0 Å².